The monoisotopic (exact) mass is 650 g/mol. The molecule has 0 aliphatic rings. The molecule has 0 N–H and O–H groups in total. The van der Waals surface area contributed by atoms with E-state index in [1.165, 1.54) is 54.8 Å². The van der Waals surface area contributed by atoms with Crippen molar-refractivity contribution >= 4 is 65.6 Å². The highest BCUT2D eigenvalue weighted by Gasteiger charge is 2.22. The van der Waals surface area contributed by atoms with Gasteiger partial charge in [0.15, 0.2) is 5.58 Å². The van der Waals surface area contributed by atoms with Crippen molar-refractivity contribution in [3.63, 3.8) is 0 Å². The first-order valence-electron chi connectivity index (χ1n) is 17.4. The third kappa shape index (κ3) is 4.06. The SMILES string of the molecule is c1ccc(-c2cc3c4ccccc4n(-c4ccccc4)c3cc2-c2cccc3c2c2ccccc2n3-c2cccc3c2oc2ccccc23)cc1. The van der Waals surface area contributed by atoms with Crippen molar-refractivity contribution in [1.82, 2.24) is 9.13 Å². The van der Waals surface area contributed by atoms with Crippen LogP contribution >= 0.6 is 0 Å². The molecule has 0 saturated heterocycles. The topological polar surface area (TPSA) is 23.0 Å². The van der Waals surface area contributed by atoms with Crippen molar-refractivity contribution in [2.24, 2.45) is 0 Å². The van der Waals surface area contributed by atoms with E-state index in [4.69, 9.17) is 4.42 Å². The molecule has 0 saturated carbocycles. The number of fused-ring (bicyclic) bond motifs is 9. The van der Waals surface area contributed by atoms with Crippen LogP contribution in [0.2, 0.25) is 0 Å². The van der Waals surface area contributed by atoms with Gasteiger partial charge >= 0.3 is 0 Å². The summed E-state index contributed by atoms with van der Waals surface area (Å²) in [7, 11) is 0. The van der Waals surface area contributed by atoms with Gasteiger partial charge in [0.2, 0.25) is 0 Å². The van der Waals surface area contributed by atoms with E-state index in [0.717, 1.165) is 44.3 Å². The molecule has 11 rings (SSSR count). The van der Waals surface area contributed by atoms with Gasteiger partial charge in [0.25, 0.3) is 0 Å². The van der Waals surface area contributed by atoms with Crippen LogP contribution in [0.1, 0.15) is 0 Å². The summed E-state index contributed by atoms with van der Waals surface area (Å²) in [5, 5.41) is 7.16. The van der Waals surface area contributed by atoms with Crippen LogP contribution in [0.4, 0.5) is 0 Å². The standard InChI is InChI=1S/C48H30N2O/c1-3-15-31(16-4-1)38-29-40-33-19-7-10-24-41(33)49(32-17-5-2-6-18-32)45(40)30-39(38)35-22-13-26-43-47(35)37-21-8-11-25-42(37)50(43)44-27-14-23-36-34-20-9-12-28-46(34)51-48(36)44/h1-30H. The molecular formula is C48H30N2O. The minimum Gasteiger partial charge on any atom is -0.454 e. The molecule has 8 aromatic carbocycles. The minimum absolute atomic E-state index is 0.894. The van der Waals surface area contributed by atoms with Gasteiger partial charge in [0, 0.05) is 38.0 Å². The molecular weight excluding hydrogens is 621 g/mol. The van der Waals surface area contributed by atoms with E-state index in [1.807, 2.05) is 6.07 Å². The summed E-state index contributed by atoms with van der Waals surface area (Å²) in [4.78, 5) is 0. The normalized spacial score (nSPS) is 11.9. The van der Waals surface area contributed by atoms with Crippen molar-refractivity contribution in [3.8, 4) is 33.6 Å². The minimum atomic E-state index is 0.894. The molecule has 51 heavy (non-hydrogen) atoms. The summed E-state index contributed by atoms with van der Waals surface area (Å²) in [6.07, 6.45) is 0. The van der Waals surface area contributed by atoms with Crippen LogP contribution in [0.15, 0.2) is 186 Å². The van der Waals surface area contributed by atoms with E-state index in [2.05, 4.69) is 185 Å². The molecule has 11 aromatic rings. The summed E-state index contributed by atoms with van der Waals surface area (Å²) >= 11 is 0. The van der Waals surface area contributed by atoms with Crippen molar-refractivity contribution in [1.29, 1.82) is 0 Å². The average molecular weight is 651 g/mol. The van der Waals surface area contributed by atoms with E-state index in [-0.39, 0.29) is 0 Å². The predicted molar refractivity (Wildman–Crippen MR) is 213 cm³/mol. The Kier molecular flexibility index (Phi) is 5.96. The van der Waals surface area contributed by atoms with Crippen molar-refractivity contribution < 1.29 is 4.42 Å². The summed E-state index contributed by atoms with van der Waals surface area (Å²) in [5.41, 5.74) is 13.5. The van der Waals surface area contributed by atoms with Gasteiger partial charge in [-0.2, -0.15) is 0 Å². The first-order valence-corrected chi connectivity index (χ1v) is 17.4. The molecule has 0 aliphatic heterocycles. The number of hydrogen-bond donors (Lipinski definition) is 0. The molecule has 0 fully saturated rings. The number of nitrogens with zero attached hydrogens (tertiary/aromatic N) is 2. The highest BCUT2D eigenvalue weighted by molar-refractivity contribution is 6.20. The van der Waals surface area contributed by atoms with E-state index >= 15 is 0 Å². The zero-order valence-corrected chi connectivity index (χ0v) is 27.6. The van der Waals surface area contributed by atoms with Crippen LogP contribution in [0.25, 0.3) is 99.2 Å². The molecule has 3 heterocycles. The van der Waals surface area contributed by atoms with Crippen molar-refractivity contribution in [3.05, 3.63) is 182 Å². The third-order valence-electron chi connectivity index (χ3n) is 10.5. The molecule has 0 amide bonds. The van der Waals surface area contributed by atoms with E-state index in [9.17, 15) is 0 Å². The van der Waals surface area contributed by atoms with Crippen LogP contribution in [-0.2, 0) is 0 Å². The maximum Gasteiger partial charge on any atom is 0.159 e. The van der Waals surface area contributed by atoms with Gasteiger partial charge in [-0.1, -0.05) is 127 Å². The predicted octanol–water partition coefficient (Wildman–Crippen LogP) is 13.1. The van der Waals surface area contributed by atoms with Crippen LogP contribution in [0, 0.1) is 0 Å². The molecule has 3 heteroatoms. The molecule has 0 bridgehead atoms. The van der Waals surface area contributed by atoms with Gasteiger partial charge in [-0.05, 0) is 76.9 Å². The molecule has 3 nitrogen and oxygen atoms in total. The van der Waals surface area contributed by atoms with Gasteiger partial charge < -0.3 is 13.6 Å². The van der Waals surface area contributed by atoms with Gasteiger partial charge in [0.1, 0.15) is 5.58 Å². The fourth-order valence-electron chi connectivity index (χ4n) is 8.36. The number of rotatable bonds is 4. The zero-order valence-electron chi connectivity index (χ0n) is 27.6. The van der Waals surface area contributed by atoms with Crippen LogP contribution in [-0.4, -0.2) is 9.13 Å². The largest absolute Gasteiger partial charge is 0.454 e. The van der Waals surface area contributed by atoms with Crippen LogP contribution in [0.5, 0.6) is 0 Å². The van der Waals surface area contributed by atoms with Gasteiger partial charge in [-0.3, -0.25) is 0 Å². The third-order valence-corrected chi connectivity index (χ3v) is 10.5. The number of aromatic nitrogens is 2. The second-order valence-corrected chi connectivity index (χ2v) is 13.3. The fraction of sp³-hybridized carbons (Fsp3) is 0. The summed E-state index contributed by atoms with van der Waals surface area (Å²) in [6.45, 7) is 0. The van der Waals surface area contributed by atoms with Crippen molar-refractivity contribution in [2.75, 3.05) is 0 Å². The average Bonchev–Trinajstić information content (AvgIpc) is 3.86. The summed E-state index contributed by atoms with van der Waals surface area (Å²) < 4.78 is 11.4. The van der Waals surface area contributed by atoms with E-state index < -0.39 is 0 Å². The first kappa shape index (κ1) is 28.0. The zero-order chi connectivity index (χ0) is 33.5. The Hall–Kier alpha value is -6.84. The lowest BCUT2D eigenvalue weighted by Crippen LogP contribution is -1.95. The molecule has 0 unspecified atom stereocenters. The second kappa shape index (κ2) is 10.8. The lowest BCUT2D eigenvalue weighted by molar-refractivity contribution is 0.666. The first-order chi connectivity index (χ1) is 25.3. The molecule has 238 valence electrons. The maximum absolute atomic E-state index is 6.61. The second-order valence-electron chi connectivity index (χ2n) is 13.3. The highest BCUT2D eigenvalue weighted by Crippen LogP contribution is 2.46. The van der Waals surface area contributed by atoms with E-state index in [1.54, 1.807) is 0 Å². The lowest BCUT2D eigenvalue weighted by atomic mass is 9.90. The molecule has 3 aromatic heterocycles. The van der Waals surface area contributed by atoms with Gasteiger partial charge in [-0.25, -0.2) is 0 Å². The smallest absolute Gasteiger partial charge is 0.159 e. The number of benzene rings is 8. The van der Waals surface area contributed by atoms with Gasteiger partial charge in [0.05, 0.1) is 27.8 Å². The Morgan fingerprint density at radius 2 is 0.980 bits per heavy atom. The lowest BCUT2D eigenvalue weighted by Gasteiger charge is -2.15. The Labute approximate surface area is 293 Å². The molecule has 0 atom stereocenters. The van der Waals surface area contributed by atoms with E-state index in [0.29, 0.717) is 0 Å². The van der Waals surface area contributed by atoms with Gasteiger partial charge in [-0.15, -0.1) is 0 Å². The fourth-order valence-corrected chi connectivity index (χ4v) is 8.36. The number of hydrogen-bond acceptors (Lipinski definition) is 1. The maximum atomic E-state index is 6.61. The quantitative estimate of drug-likeness (QED) is 0.186. The highest BCUT2D eigenvalue weighted by atomic mass is 16.3. The molecule has 0 spiro atoms. The summed E-state index contributed by atoms with van der Waals surface area (Å²) in [6, 6.07) is 65.5. The Balaban J connectivity index is 1.28. The van der Waals surface area contributed by atoms with Crippen LogP contribution < -0.4 is 0 Å². The molecule has 0 radical (unpaired) electrons. The number of furan rings is 1. The molecule has 0 aliphatic carbocycles. The van der Waals surface area contributed by atoms with Crippen molar-refractivity contribution in [2.45, 2.75) is 0 Å². The Morgan fingerprint density at radius 3 is 1.80 bits per heavy atom. The number of para-hydroxylation sites is 5. The summed E-state index contributed by atoms with van der Waals surface area (Å²) in [5.74, 6) is 0. The van der Waals surface area contributed by atoms with Crippen LogP contribution in [0.3, 0.4) is 0 Å². The Bertz CT molecular complexity index is 3130. The Morgan fingerprint density at radius 1 is 0.353 bits per heavy atom.